The zero-order valence-corrected chi connectivity index (χ0v) is 8.90. The van der Waals surface area contributed by atoms with Gasteiger partial charge in [-0.15, -0.1) is 0 Å². The lowest BCUT2D eigenvalue weighted by Crippen LogP contribution is -2.34. The molecule has 0 radical (unpaired) electrons. The first-order valence-electron chi connectivity index (χ1n) is 4.96. The first kappa shape index (κ1) is 12.1. The number of nitrogens with zero attached hydrogens (tertiary/aromatic N) is 2. The third kappa shape index (κ3) is 3.31. The predicted octanol–water partition coefficient (Wildman–Crippen LogP) is 1.64. The Morgan fingerprint density at radius 3 is 3.06 bits per heavy atom. The largest absolute Gasteiger partial charge is 0.348 e. The van der Waals surface area contributed by atoms with E-state index in [1.54, 1.807) is 0 Å². The van der Waals surface area contributed by atoms with Crippen molar-refractivity contribution in [2.24, 2.45) is 0 Å². The predicted molar refractivity (Wildman–Crippen MR) is 56.0 cm³/mol. The standard InChI is InChI=1S/C11H12FN3O/c1-2-9(3-5-13)15-11(16)8-4-6-14-10(12)7-8/h4,6-7,9H,2-3H2,1H3,(H,15,16). The summed E-state index contributed by atoms with van der Waals surface area (Å²) in [5.41, 5.74) is 0.212. The maximum Gasteiger partial charge on any atom is 0.251 e. The Balaban J connectivity index is 2.68. The fourth-order valence-electron chi connectivity index (χ4n) is 1.22. The second-order valence-electron chi connectivity index (χ2n) is 3.31. The molecular weight excluding hydrogens is 209 g/mol. The van der Waals surface area contributed by atoms with E-state index in [4.69, 9.17) is 5.26 Å². The Hall–Kier alpha value is -1.96. The van der Waals surface area contributed by atoms with Gasteiger partial charge in [-0.25, -0.2) is 4.98 Å². The molecule has 0 aliphatic carbocycles. The maximum absolute atomic E-state index is 12.8. The van der Waals surface area contributed by atoms with Crippen LogP contribution in [-0.4, -0.2) is 16.9 Å². The van der Waals surface area contributed by atoms with Crippen LogP contribution in [0, 0.1) is 17.3 Å². The van der Waals surface area contributed by atoms with E-state index in [-0.39, 0.29) is 23.9 Å². The summed E-state index contributed by atoms with van der Waals surface area (Å²) < 4.78 is 12.8. The molecule has 5 heteroatoms. The molecule has 0 bridgehead atoms. The van der Waals surface area contributed by atoms with Crippen LogP contribution in [0.2, 0.25) is 0 Å². The summed E-state index contributed by atoms with van der Waals surface area (Å²) in [5.74, 6) is -1.08. The Morgan fingerprint density at radius 1 is 1.75 bits per heavy atom. The van der Waals surface area contributed by atoms with Crippen LogP contribution in [0.25, 0.3) is 0 Å². The van der Waals surface area contributed by atoms with Crippen LogP contribution in [0.3, 0.4) is 0 Å². The first-order chi connectivity index (χ1) is 7.67. The molecule has 16 heavy (non-hydrogen) atoms. The lowest BCUT2D eigenvalue weighted by molar-refractivity contribution is 0.0936. The highest BCUT2D eigenvalue weighted by Crippen LogP contribution is 2.03. The second-order valence-corrected chi connectivity index (χ2v) is 3.31. The molecule has 4 nitrogen and oxygen atoms in total. The number of hydrogen-bond acceptors (Lipinski definition) is 3. The minimum Gasteiger partial charge on any atom is -0.348 e. The van der Waals surface area contributed by atoms with Crippen molar-refractivity contribution in [3.8, 4) is 6.07 Å². The van der Waals surface area contributed by atoms with Crippen LogP contribution in [0.5, 0.6) is 0 Å². The topological polar surface area (TPSA) is 65.8 Å². The summed E-state index contributed by atoms with van der Waals surface area (Å²) in [7, 11) is 0. The molecule has 84 valence electrons. The molecule has 1 aromatic heterocycles. The van der Waals surface area contributed by atoms with Crippen molar-refractivity contribution in [1.82, 2.24) is 10.3 Å². The molecule has 0 aliphatic rings. The van der Waals surface area contributed by atoms with Crippen LogP contribution in [0.15, 0.2) is 18.3 Å². The summed E-state index contributed by atoms with van der Waals surface area (Å²) in [4.78, 5) is 15.0. The van der Waals surface area contributed by atoms with E-state index in [2.05, 4.69) is 10.3 Å². The zero-order valence-electron chi connectivity index (χ0n) is 8.90. The van der Waals surface area contributed by atoms with Crippen LogP contribution >= 0.6 is 0 Å². The monoisotopic (exact) mass is 221 g/mol. The van der Waals surface area contributed by atoms with E-state index in [0.717, 1.165) is 6.07 Å². The van der Waals surface area contributed by atoms with Crippen molar-refractivity contribution in [2.75, 3.05) is 0 Å². The van der Waals surface area contributed by atoms with Crippen LogP contribution < -0.4 is 5.32 Å². The molecule has 1 N–H and O–H groups in total. The summed E-state index contributed by atoms with van der Waals surface area (Å²) in [6.07, 6.45) is 2.14. The van der Waals surface area contributed by atoms with E-state index in [9.17, 15) is 9.18 Å². The van der Waals surface area contributed by atoms with Crippen molar-refractivity contribution < 1.29 is 9.18 Å². The second kappa shape index (κ2) is 5.81. The zero-order chi connectivity index (χ0) is 12.0. The van der Waals surface area contributed by atoms with Crippen molar-refractivity contribution >= 4 is 5.91 Å². The molecule has 1 aromatic rings. The molecule has 0 saturated heterocycles. The van der Waals surface area contributed by atoms with E-state index in [1.807, 2.05) is 13.0 Å². The number of halogens is 1. The molecule has 0 saturated carbocycles. The highest BCUT2D eigenvalue weighted by molar-refractivity contribution is 5.94. The van der Waals surface area contributed by atoms with Crippen LogP contribution in [-0.2, 0) is 0 Å². The normalized spacial score (nSPS) is 11.6. The number of pyridine rings is 1. The van der Waals surface area contributed by atoms with E-state index in [0.29, 0.717) is 6.42 Å². The quantitative estimate of drug-likeness (QED) is 0.786. The van der Waals surface area contributed by atoms with Gasteiger partial charge in [-0.1, -0.05) is 6.92 Å². The summed E-state index contributed by atoms with van der Waals surface area (Å²) in [5, 5.41) is 11.2. The van der Waals surface area contributed by atoms with E-state index < -0.39 is 5.95 Å². The third-order valence-corrected chi connectivity index (χ3v) is 2.15. The smallest absolute Gasteiger partial charge is 0.251 e. The molecule has 1 atom stereocenters. The molecule has 1 unspecified atom stereocenters. The summed E-state index contributed by atoms with van der Waals surface area (Å²) in [6, 6.07) is 4.28. The fraction of sp³-hybridized carbons (Fsp3) is 0.364. The van der Waals surface area contributed by atoms with Crippen LogP contribution in [0.4, 0.5) is 4.39 Å². The van der Waals surface area contributed by atoms with Gasteiger partial charge >= 0.3 is 0 Å². The number of aromatic nitrogens is 1. The number of nitriles is 1. The minimum atomic E-state index is -0.694. The number of carbonyl (C=O) groups excluding carboxylic acids is 1. The van der Waals surface area contributed by atoms with Crippen molar-refractivity contribution in [3.63, 3.8) is 0 Å². The van der Waals surface area contributed by atoms with Gasteiger partial charge in [0.2, 0.25) is 5.95 Å². The maximum atomic E-state index is 12.8. The lowest BCUT2D eigenvalue weighted by atomic mass is 10.1. The molecular formula is C11H12FN3O. The van der Waals surface area contributed by atoms with Gasteiger partial charge in [0, 0.05) is 23.9 Å². The average molecular weight is 221 g/mol. The van der Waals surface area contributed by atoms with Gasteiger partial charge in [0.15, 0.2) is 0 Å². The van der Waals surface area contributed by atoms with E-state index in [1.165, 1.54) is 12.3 Å². The SMILES string of the molecule is CCC(CC#N)NC(=O)c1ccnc(F)c1. The lowest BCUT2D eigenvalue weighted by Gasteiger charge is -2.13. The highest BCUT2D eigenvalue weighted by Gasteiger charge is 2.12. The Labute approximate surface area is 93.1 Å². The molecule has 1 rings (SSSR count). The highest BCUT2D eigenvalue weighted by atomic mass is 19.1. The Kier molecular flexibility index (Phi) is 4.40. The van der Waals surface area contributed by atoms with Gasteiger partial charge in [0.25, 0.3) is 5.91 Å². The van der Waals surface area contributed by atoms with Gasteiger partial charge in [-0.2, -0.15) is 9.65 Å². The summed E-state index contributed by atoms with van der Waals surface area (Å²) in [6.45, 7) is 1.87. The average Bonchev–Trinajstić information content (AvgIpc) is 2.28. The van der Waals surface area contributed by atoms with Gasteiger partial charge in [0.1, 0.15) is 0 Å². The molecule has 1 heterocycles. The minimum absolute atomic E-state index is 0.200. The Bertz CT molecular complexity index is 414. The van der Waals surface area contributed by atoms with Gasteiger partial charge in [0.05, 0.1) is 12.5 Å². The molecule has 0 aliphatic heterocycles. The Morgan fingerprint density at radius 2 is 2.50 bits per heavy atom. The third-order valence-electron chi connectivity index (χ3n) is 2.15. The van der Waals surface area contributed by atoms with Gasteiger partial charge in [-0.3, -0.25) is 4.79 Å². The number of hydrogen-bond donors (Lipinski definition) is 1. The van der Waals surface area contributed by atoms with Gasteiger partial charge in [-0.05, 0) is 12.5 Å². The van der Waals surface area contributed by atoms with Crippen molar-refractivity contribution in [3.05, 3.63) is 29.8 Å². The first-order valence-corrected chi connectivity index (χ1v) is 4.96. The number of rotatable bonds is 4. The number of nitrogens with one attached hydrogen (secondary N) is 1. The van der Waals surface area contributed by atoms with Crippen molar-refractivity contribution in [2.45, 2.75) is 25.8 Å². The molecule has 0 aromatic carbocycles. The fourth-order valence-corrected chi connectivity index (χ4v) is 1.22. The molecule has 0 spiro atoms. The molecule has 1 amide bonds. The van der Waals surface area contributed by atoms with Crippen LogP contribution in [0.1, 0.15) is 30.1 Å². The molecule has 0 fully saturated rings. The summed E-state index contributed by atoms with van der Waals surface area (Å²) >= 11 is 0. The number of amides is 1. The van der Waals surface area contributed by atoms with Gasteiger partial charge < -0.3 is 5.32 Å². The van der Waals surface area contributed by atoms with E-state index >= 15 is 0 Å². The van der Waals surface area contributed by atoms with Crippen molar-refractivity contribution in [1.29, 1.82) is 5.26 Å². The number of carbonyl (C=O) groups is 1.